The topological polar surface area (TPSA) is 127 Å². The Hall–Kier alpha value is -3.41. The fourth-order valence-corrected chi connectivity index (χ4v) is 4.91. The summed E-state index contributed by atoms with van der Waals surface area (Å²) in [6.07, 6.45) is 4.59. The van der Waals surface area contributed by atoms with E-state index in [1.54, 1.807) is 0 Å². The molecule has 0 saturated carbocycles. The second-order valence-electron chi connectivity index (χ2n) is 9.50. The van der Waals surface area contributed by atoms with E-state index in [4.69, 9.17) is 31.0 Å². The highest BCUT2D eigenvalue weighted by Crippen LogP contribution is 2.30. The number of rotatable bonds is 8. The van der Waals surface area contributed by atoms with E-state index < -0.39 is 0 Å². The van der Waals surface area contributed by atoms with Gasteiger partial charge in [-0.05, 0) is 43.9 Å². The molecule has 1 unspecified atom stereocenters. The first kappa shape index (κ1) is 24.0. The van der Waals surface area contributed by atoms with Gasteiger partial charge >= 0.3 is 0 Å². The zero-order valence-corrected chi connectivity index (χ0v) is 21.4. The van der Waals surface area contributed by atoms with Crippen LogP contribution in [0.4, 0.5) is 23.3 Å². The molecule has 1 aromatic carbocycles. The Bertz CT molecular complexity index is 1380. The molecule has 0 bridgehead atoms. The van der Waals surface area contributed by atoms with Gasteiger partial charge in [0, 0.05) is 38.1 Å². The van der Waals surface area contributed by atoms with Gasteiger partial charge < -0.3 is 25.4 Å². The fourth-order valence-electron chi connectivity index (χ4n) is 4.74. The summed E-state index contributed by atoms with van der Waals surface area (Å²) in [5, 5.41) is 23.7. The summed E-state index contributed by atoms with van der Waals surface area (Å²) in [6, 6.07) is 8.41. The van der Waals surface area contributed by atoms with Crippen molar-refractivity contribution in [3.63, 3.8) is 0 Å². The number of fused-ring (bicyclic) bond motifs is 1. The lowest BCUT2D eigenvalue weighted by atomic mass is 10.1. The van der Waals surface area contributed by atoms with Crippen LogP contribution < -0.4 is 16.0 Å². The maximum atomic E-state index is 6.45. The van der Waals surface area contributed by atoms with Gasteiger partial charge in [-0.25, -0.2) is 4.68 Å². The molecule has 2 saturated heterocycles. The van der Waals surface area contributed by atoms with Crippen molar-refractivity contribution in [3.05, 3.63) is 46.7 Å². The molecule has 6 rings (SSSR count). The zero-order valence-electron chi connectivity index (χ0n) is 20.6. The molecule has 2 fully saturated rings. The molecular formula is C25H30ClN9O2. The number of aromatic nitrogens is 6. The van der Waals surface area contributed by atoms with E-state index in [1.165, 1.54) is 0 Å². The predicted octanol–water partition coefficient (Wildman–Crippen LogP) is 4.42. The number of aryl methyl sites for hydroxylation is 1. The lowest BCUT2D eigenvalue weighted by molar-refractivity contribution is 0.0673. The Morgan fingerprint density at radius 1 is 1.11 bits per heavy atom. The van der Waals surface area contributed by atoms with E-state index in [1.807, 2.05) is 36.0 Å². The third kappa shape index (κ3) is 5.34. The third-order valence-electron chi connectivity index (χ3n) is 6.71. The van der Waals surface area contributed by atoms with Crippen LogP contribution in [-0.2, 0) is 16.0 Å². The van der Waals surface area contributed by atoms with Crippen LogP contribution in [0, 0.1) is 6.92 Å². The Kier molecular flexibility index (Phi) is 6.81. The average molecular weight is 524 g/mol. The SMILES string of the molecule is Cc1cc(Nc2nc(NCc3ccc(Cl)c(NC4CCOC4)c3)nc3c2cnn3C2CCOCC2)n[nH]1. The van der Waals surface area contributed by atoms with E-state index in [9.17, 15) is 0 Å². The Balaban J connectivity index is 1.28. The number of benzene rings is 1. The lowest BCUT2D eigenvalue weighted by Gasteiger charge is -2.22. The fraction of sp³-hybridized carbons (Fsp3) is 0.440. The number of hydrogen-bond donors (Lipinski definition) is 4. The van der Waals surface area contributed by atoms with Gasteiger partial charge in [0.2, 0.25) is 5.95 Å². The number of anilines is 4. The van der Waals surface area contributed by atoms with Crippen LogP contribution in [0.2, 0.25) is 5.02 Å². The van der Waals surface area contributed by atoms with Gasteiger partial charge in [0.15, 0.2) is 11.5 Å². The van der Waals surface area contributed by atoms with E-state index in [2.05, 4.69) is 37.3 Å². The van der Waals surface area contributed by atoms with E-state index >= 15 is 0 Å². The van der Waals surface area contributed by atoms with Crippen LogP contribution in [0.5, 0.6) is 0 Å². The van der Waals surface area contributed by atoms with Gasteiger partial charge in [-0.2, -0.15) is 20.2 Å². The van der Waals surface area contributed by atoms with Crippen LogP contribution in [0.25, 0.3) is 11.0 Å². The summed E-state index contributed by atoms with van der Waals surface area (Å²) >= 11 is 6.45. The zero-order chi connectivity index (χ0) is 25.2. The molecule has 3 aromatic heterocycles. The van der Waals surface area contributed by atoms with Gasteiger partial charge in [0.1, 0.15) is 5.82 Å². The Morgan fingerprint density at radius 3 is 2.76 bits per heavy atom. The van der Waals surface area contributed by atoms with Crippen molar-refractivity contribution < 1.29 is 9.47 Å². The van der Waals surface area contributed by atoms with Crippen molar-refractivity contribution in [3.8, 4) is 0 Å². The van der Waals surface area contributed by atoms with Gasteiger partial charge in [0.25, 0.3) is 0 Å². The van der Waals surface area contributed by atoms with Crippen LogP contribution in [0.3, 0.4) is 0 Å². The molecule has 4 aromatic rings. The summed E-state index contributed by atoms with van der Waals surface area (Å²) < 4.78 is 13.0. The van der Waals surface area contributed by atoms with E-state index in [-0.39, 0.29) is 12.1 Å². The summed E-state index contributed by atoms with van der Waals surface area (Å²) in [7, 11) is 0. The smallest absolute Gasteiger partial charge is 0.227 e. The van der Waals surface area contributed by atoms with Crippen molar-refractivity contribution in [2.45, 2.75) is 44.8 Å². The molecule has 5 heterocycles. The first-order chi connectivity index (χ1) is 18.1. The number of H-pyrrole nitrogens is 1. The molecule has 12 heteroatoms. The molecule has 4 N–H and O–H groups in total. The molecule has 0 amide bonds. The summed E-state index contributed by atoms with van der Waals surface area (Å²) in [5.41, 5.74) is 3.70. The molecule has 0 aliphatic carbocycles. The Labute approximate surface area is 219 Å². The molecule has 2 aliphatic rings. The van der Waals surface area contributed by atoms with E-state index in [0.29, 0.717) is 35.8 Å². The summed E-state index contributed by atoms with van der Waals surface area (Å²) in [6.45, 7) is 5.40. The quantitative estimate of drug-likeness (QED) is 0.265. The van der Waals surface area contributed by atoms with Crippen molar-refractivity contribution in [2.75, 3.05) is 42.4 Å². The molecular weight excluding hydrogens is 494 g/mol. The minimum Gasteiger partial charge on any atom is -0.381 e. The minimum atomic E-state index is 0.235. The van der Waals surface area contributed by atoms with Gasteiger partial charge in [-0.3, -0.25) is 5.10 Å². The Morgan fingerprint density at radius 2 is 1.97 bits per heavy atom. The van der Waals surface area contributed by atoms with E-state index in [0.717, 1.165) is 67.1 Å². The maximum Gasteiger partial charge on any atom is 0.227 e. The monoisotopic (exact) mass is 523 g/mol. The van der Waals surface area contributed by atoms with Crippen LogP contribution in [-0.4, -0.2) is 62.4 Å². The third-order valence-corrected chi connectivity index (χ3v) is 7.04. The van der Waals surface area contributed by atoms with Crippen LogP contribution >= 0.6 is 11.6 Å². The van der Waals surface area contributed by atoms with Crippen LogP contribution in [0.1, 0.15) is 36.6 Å². The summed E-state index contributed by atoms with van der Waals surface area (Å²) in [4.78, 5) is 9.65. The standard InChI is InChI=1S/C25H30ClN9O2/c1-15-10-22(34-33-15)30-23-19-13-28-35(18-5-8-36-9-6-18)24(19)32-25(31-23)27-12-16-2-3-20(26)21(11-16)29-17-4-7-37-14-17/h2-3,10-11,13,17-18,29H,4-9,12,14H2,1H3,(H3,27,30,31,32,33,34). The molecule has 11 nitrogen and oxygen atoms in total. The minimum absolute atomic E-state index is 0.235. The van der Waals surface area contributed by atoms with Crippen molar-refractivity contribution in [1.29, 1.82) is 0 Å². The second kappa shape index (κ2) is 10.5. The van der Waals surface area contributed by atoms with Gasteiger partial charge in [-0.1, -0.05) is 17.7 Å². The highest BCUT2D eigenvalue weighted by molar-refractivity contribution is 6.33. The molecule has 194 valence electrons. The number of aromatic amines is 1. The van der Waals surface area contributed by atoms with Crippen LogP contribution in [0.15, 0.2) is 30.5 Å². The molecule has 2 aliphatic heterocycles. The van der Waals surface area contributed by atoms with Gasteiger partial charge in [-0.15, -0.1) is 0 Å². The number of halogens is 1. The number of nitrogens with zero attached hydrogens (tertiary/aromatic N) is 5. The van der Waals surface area contributed by atoms with Crippen molar-refractivity contribution >= 4 is 45.9 Å². The van der Waals surface area contributed by atoms with Gasteiger partial charge in [0.05, 0.1) is 41.0 Å². The van der Waals surface area contributed by atoms with Crippen molar-refractivity contribution in [2.24, 2.45) is 0 Å². The molecule has 37 heavy (non-hydrogen) atoms. The normalized spacial score (nSPS) is 18.4. The highest BCUT2D eigenvalue weighted by Gasteiger charge is 2.22. The first-order valence-corrected chi connectivity index (χ1v) is 13.0. The lowest BCUT2D eigenvalue weighted by Crippen LogP contribution is -2.21. The highest BCUT2D eigenvalue weighted by atomic mass is 35.5. The molecule has 1 atom stereocenters. The predicted molar refractivity (Wildman–Crippen MR) is 143 cm³/mol. The van der Waals surface area contributed by atoms with Crippen molar-refractivity contribution in [1.82, 2.24) is 29.9 Å². The first-order valence-electron chi connectivity index (χ1n) is 12.6. The number of ether oxygens (including phenoxy) is 2. The number of hydrogen-bond acceptors (Lipinski definition) is 9. The summed E-state index contributed by atoms with van der Waals surface area (Å²) in [5.74, 6) is 1.84. The second-order valence-corrected chi connectivity index (χ2v) is 9.91. The largest absolute Gasteiger partial charge is 0.381 e. The maximum absolute atomic E-state index is 6.45. The number of nitrogens with one attached hydrogen (secondary N) is 4. The molecule has 0 radical (unpaired) electrons. The average Bonchev–Trinajstić information content (AvgIpc) is 3.67. The molecule has 0 spiro atoms.